The Bertz CT molecular complexity index is 907. The molecule has 2 heterocycles. The zero-order chi connectivity index (χ0) is 22.6. The topological polar surface area (TPSA) is 61.6 Å². The smallest absolute Gasteiger partial charge is 0.172 e. The van der Waals surface area contributed by atoms with Gasteiger partial charge in [-0.3, -0.25) is 4.79 Å². The van der Waals surface area contributed by atoms with Crippen LogP contribution in [0.2, 0.25) is 0 Å². The Hall–Kier alpha value is -1.77. The number of aromatic nitrogens is 1. The van der Waals surface area contributed by atoms with Crippen LogP contribution in [0.1, 0.15) is 58.4 Å². The maximum atomic E-state index is 14.0. The van der Waals surface area contributed by atoms with Gasteiger partial charge in [0.25, 0.3) is 0 Å². The van der Waals surface area contributed by atoms with E-state index in [4.69, 9.17) is 14.0 Å². The highest BCUT2D eigenvalue weighted by Crippen LogP contribution is 2.36. The van der Waals surface area contributed by atoms with E-state index in [1.54, 1.807) is 19.9 Å². The fraction of sp³-hybridized carbons (Fsp3) is 0.565. The Labute approximate surface area is 185 Å². The lowest BCUT2D eigenvalue weighted by Crippen LogP contribution is -2.31. The Kier molecular flexibility index (Phi) is 7.55. The first-order chi connectivity index (χ1) is 14.6. The summed E-state index contributed by atoms with van der Waals surface area (Å²) in [7, 11) is 0. The predicted octanol–water partition coefficient (Wildman–Crippen LogP) is 5.46. The fourth-order valence-corrected chi connectivity index (χ4v) is 4.27. The van der Waals surface area contributed by atoms with E-state index in [1.165, 1.54) is 12.1 Å². The maximum Gasteiger partial charge on any atom is 0.172 e. The summed E-state index contributed by atoms with van der Waals surface area (Å²) in [5, 5.41) is 4.13. The first kappa shape index (κ1) is 23.9. The highest BCUT2D eigenvalue weighted by molar-refractivity contribution is 8.01. The predicted molar refractivity (Wildman–Crippen MR) is 114 cm³/mol. The minimum absolute atomic E-state index is 0.00656. The van der Waals surface area contributed by atoms with Crippen molar-refractivity contribution in [2.24, 2.45) is 0 Å². The average Bonchev–Trinajstić information content (AvgIpc) is 3.20. The number of carbonyl (C=O) groups excluding carboxylic acids is 1. The van der Waals surface area contributed by atoms with E-state index in [0.29, 0.717) is 24.7 Å². The lowest BCUT2D eigenvalue weighted by atomic mass is 9.90. The third-order valence-corrected chi connectivity index (χ3v) is 6.58. The van der Waals surface area contributed by atoms with Crippen molar-refractivity contribution in [1.29, 1.82) is 0 Å². The second-order valence-electron chi connectivity index (χ2n) is 8.93. The molecule has 0 spiro atoms. The van der Waals surface area contributed by atoms with Crippen LogP contribution in [0.3, 0.4) is 0 Å². The molecule has 0 N–H and O–H groups in total. The number of halogens is 2. The minimum Gasteiger partial charge on any atom is -0.361 e. The van der Waals surface area contributed by atoms with Gasteiger partial charge in [0.1, 0.15) is 5.76 Å². The van der Waals surface area contributed by atoms with E-state index >= 15 is 0 Å². The van der Waals surface area contributed by atoms with Crippen molar-refractivity contribution in [2.45, 2.75) is 74.7 Å². The molecule has 8 heteroatoms. The van der Waals surface area contributed by atoms with Gasteiger partial charge in [0.05, 0.1) is 23.5 Å². The number of hydrogen-bond acceptors (Lipinski definition) is 6. The van der Waals surface area contributed by atoms with Gasteiger partial charge in [-0.05, 0) is 45.2 Å². The molecule has 0 amide bonds. The molecule has 1 aromatic heterocycles. The number of rotatable bonds is 9. The summed E-state index contributed by atoms with van der Waals surface area (Å²) in [6.45, 7) is 8.48. The van der Waals surface area contributed by atoms with Crippen LogP contribution in [-0.2, 0) is 26.1 Å². The molecule has 3 rings (SSSR count). The van der Waals surface area contributed by atoms with E-state index < -0.39 is 21.8 Å². The second kappa shape index (κ2) is 9.79. The van der Waals surface area contributed by atoms with Gasteiger partial charge >= 0.3 is 0 Å². The van der Waals surface area contributed by atoms with Gasteiger partial charge in [-0.15, -0.1) is 11.8 Å². The number of ketones is 1. The van der Waals surface area contributed by atoms with Crippen LogP contribution in [0.15, 0.2) is 33.7 Å². The van der Waals surface area contributed by atoms with Gasteiger partial charge < -0.3 is 14.0 Å². The number of Topliss-reactive ketones (excluding diaryl/α,β-unsaturated/α-hetero) is 1. The molecular formula is C23H29F2NO4S. The quantitative estimate of drug-likeness (QED) is 0.470. The van der Waals surface area contributed by atoms with E-state index in [1.807, 2.05) is 13.8 Å². The van der Waals surface area contributed by atoms with Crippen molar-refractivity contribution in [1.82, 2.24) is 5.16 Å². The number of carbonyl (C=O) groups is 1. The summed E-state index contributed by atoms with van der Waals surface area (Å²) >= 11 is 0.990. The summed E-state index contributed by atoms with van der Waals surface area (Å²) in [6.07, 6.45) is 2.85. The molecule has 1 unspecified atom stereocenters. The second-order valence-corrected chi connectivity index (χ2v) is 10.6. The van der Waals surface area contributed by atoms with Crippen molar-refractivity contribution in [2.75, 3.05) is 13.2 Å². The van der Waals surface area contributed by atoms with E-state index in [9.17, 15) is 13.6 Å². The number of thioether (sulfide) groups is 1. The fourth-order valence-electron chi connectivity index (χ4n) is 3.20. The Morgan fingerprint density at radius 3 is 2.74 bits per heavy atom. The lowest BCUT2D eigenvalue weighted by molar-refractivity contribution is -0.170. The maximum absolute atomic E-state index is 14.0. The molecule has 2 aromatic rings. The largest absolute Gasteiger partial charge is 0.361 e. The average molecular weight is 454 g/mol. The van der Waals surface area contributed by atoms with E-state index in [2.05, 4.69) is 5.16 Å². The first-order valence-corrected chi connectivity index (χ1v) is 11.3. The lowest BCUT2D eigenvalue weighted by Gasteiger charge is -2.28. The minimum atomic E-state index is -0.974. The third-order valence-electron chi connectivity index (χ3n) is 5.31. The molecular weight excluding hydrogens is 424 g/mol. The van der Waals surface area contributed by atoms with Gasteiger partial charge in [0.2, 0.25) is 0 Å². The van der Waals surface area contributed by atoms with Gasteiger partial charge in [-0.2, -0.15) is 0 Å². The standard InChI is InChI=1S/C23H29F2NO4S/c1-22(2,14-29-20-10-5-6-11-28-20)18-12-15(30-26-18)13-19(27)23(3,4)31-17-9-7-8-16(24)21(17)25/h7-9,12,20H,5-6,10-11,13-14H2,1-4H3. The molecule has 1 aliphatic heterocycles. The van der Waals surface area contributed by atoms with Crippen molar-refractivity contribution in [3.05, 3.63) is 47.4 Å². The molecule has 0 saturated carbocycles. The molecule has 0 bridgehead atoms. The van der Waals surface area contributed by atoms with Crippen LogP contribution in [0, 0.1) is 11.6 Å². The van der Waals surface area contributed by atoms with Crippen LogP contribution in [0.25, 0.3) is 0 Å². The highest BCUT2D eigenvalue weighted by atomic mass is 32.2. The number of nitrogens with zero attached hydrogens (tertiary/aromatic N) is 1. The van der Waals surface area contributed by atoms with Crippen molar-refractivity contribution < 1.29 is 27.6 Å². The summed E-state index contributed by atoms with van der Waals surface area (Å²) < 4.78 is 43.4. The molecule has 0 aliphatic carbocycles. The van der Waals surface area contributed by atoms with Gasteiger partial charge in [0.15, 0.2) is 23.7 Å². The van der Waals surface area contributed by atoms with Gasteiger partial charge in [-0.1, -0.05) is 25.1 Å². The molecule has 1 saturated heterocycles. The molecule has 170 valence electrons. The summed E-state index contributed by atoms with van der Waals surface area (Å²) in [4.78, 5) is 13.0. The normalized spacial score (nSPS) is 17.7. The molecule has 31 heavy (non-hydrogen) atoms. The van der Waals surface area contributed by atoms with Crippen LogP contribution in [0.5, 0.6) is 0 Å². The van der Waals surface area contributed by atoms with Crippen molar-refractivity contribution in [3.8, 4) is 0 Å². The number of hydrogen-bond donors (Lipinski definition) is 0. The van der Waals surface area contributed by atoms with Crippen molar-refractivity contribution >= 4 is 17.5 Å². The molecule has 1 fully saturated rings. The SMILES string of the molecule is CC(C)(Sc1cccc(F)c1F)C(=O)Cc1cc(C(C)(C)COC2CCCCO2)no1. The highest BCUT2D eigenvalue weighted by Gasteiger charge is 2.33. The van der Waals surface area contributed by atoms with Gasteiger partial charge in [-0.25, -0.2) is 8.78 Å². The molecule has 0 radical (unpaired) electrons. The van der Waals surface area contributed by atoms with Crippen LogP contribution >= 0.6 is 11.8 Å². The third kappa shape index (κ3) is 6.14. The first-order valence-electron chi connectivity index (χ1n) is 10.4. The van der Waals surface area contributed by atoms with Crippen LogP contribution in [0.4, 0.5) is 8.78 Å². The van der Waals surface area contributed by atoms with Crippen LogP contribution < -0.4 is 0 Å². The summed E-state index contributed by atoms with van der Waals surface area (Å²) in [5.74, 6) is -1.63. The number of ether oxygens (including phenoxy) is 2. The molecule has 5 nitrogen and oxygen atoms in total. The zero-order valence-electron chi connectivity index (χ0n) is 18.4. The summed E-state index contributed by atoms with van der Waals surface area (Å²) in [5.41, 5.74) is 0.272. The van der Waals surface area contributed by atoms with E-state index in [0.717, 1.165) is 37.1 Å². The molecule has 1 atom stereocenters. The Morgan fingerprint density at radius 2 is 2.03 bits per heavy atom. The Balaban J connectivity index is 1.61. The van der Waals surface area contributed by atoms with E-state index in [-0.39, 0.29) is 23.4 Å². The van der Waals surface area contributed by atoms with Crippen LogP contribution in [-0.4, -0.2) is 35.2 Å². The molecule has 1 aliphatic rings. The summed E-state index contributed by atoms with van der Waals surface area (Å²) in [6, 6.07) is 5.69. The van der Waals surface area contributed by atoms with Gasteiger partial charge in [0, 0.05) is 23.0 Å². The van der Waals surface area contributed by atoms with Crippen molar-refractivity contribution in [3.63, 3.8) is 0 Å². The zero-order valence-corrected chi connectivity index (χ0v) is 19.2. The number of benzene rings is 1. The Morgan fingerprint density at radius 1 is 1.26 bits per heavy atom. The molecule has 1 aromatic carbocycles. The monoisotopic (exact) mass is 453 g/mol.